The zero-order valence-corrected chi connectivity index (χ0v) is 17.2. The summed E-state index contributed by atoms with van der Waals surface area (Å²) in [4.78, 5) is 8.69. The number of aliphatic imine (C=N–C) groups is 1. The van der Waals surface area contributed by atoms with Crippen LogP contribution in [0.5, 0.6) is 0 Å². The van der Waals surface area contributed by atoms with Crippen LogP contribution in [0.25, 0.3) is 0 Å². The molecule has 0 atom stereocenters. The van der Waals surface area contributed by atoms with Crippen LogP contribution in [0.2, 0.25) is 0 Å². The maximum absolute atomic E-state index is 4.35. The van der Waals surface area contributed by atoms with Crippen LogP contribution in [0.15, 0.2) is 41.9 Å². The van der Waals surface area contributed by atoms with E-state index in [2.05, 4.69) is 72.1 Å². The number of guanidine groups is 1. The van der Waals surface area contributed by atoms with E-state index in [1.807, 2.05) is 13.1 Å². The highest BCUT2D eigenvalue weighted by atomic mass is 127. The molecule has 0 aromatic heterocycles. The Morgan fingerprint density at radius 1 is 1.26 bits per heavy atom. The second-order valence-electron chi connectivity index (χ2n) is 5.81. The van der Waals surface area contributed by atoms with Crippen LogP contribution in [-0.4, -0.2) is 50.5 Å². The van der Waals surface area contributed by atoms with Crippen molar-refractivity contribution >= 4 is 29.9 Å². The summed E-state index contributed by atoms with van der Waals surface area (Å²) >= 11 is 0. The number of hydrogen-bond donors (Lipinski definition) is 1. The van der Waals surface area contributed by atoms with Gasteiger partial charge < -0.3 is 15.1 Å². The Labute approximate surface area is 158 Å². The van der Waals surface area contributed by atoms with Crippen molar-refractivity contribution in [1.29, 1.82) is 0 Å². The first-order chi connectivity index (χ1) is 10.6. The predicted octanol–water partition coefficient (Wildman–Crippen LogP) is 3.34. The fourth-order valence-electron chi connectivity index (χ4n) is 2.35. The fourth-order valence-corrected chi connectivity index (χ4v) is 2.35. The quantitative estimate of drug-likeness (QED) is 0.226. The van der Waals surface area contributed by atoms with E-state index in [1.54, 1.807) is 0 Å². The molecule has 1 N–H and O–H groups in total. The van der Waals surface area contributed by atoms with Crippen molar-refractivity contribution in [3.05, 3.63) is 48.0 Å². The molecule has 0 saturated heterocycles. The molecule has 0 heterocycles. The SMILES string of the molecule is C=CCCCN(C)C(=NC)NCc1cccc(CN(C)C)c1.I. The number of benzene rings is 1. The van der Waals surface area contributed by atoms with E-state index in [1.165, 1.54) is 11.1 Å². The lowest BCUT2D eigenvalue weighted by molar-refractivity contribution is 0.402. The molecule has 0 unspecified atom stereocenters. The van der Waals surface area contributed by atoms with E-state index in [0.717, 1.165) is 38.4 Å². The molecule has 1 rings (SSSR count). The van der Waals surface area contributed by atoms with Gasteiger partial charge in [0.15, 0.2) is 5.96 Å². The molecule has 0 spiro atoms. The molecular weight excluding hydrogens is 399 g/mol. The van der Waals surface area contributed by atoms with Gasteiger partial charge in [0.2, 0.25) is 0 Å². The summed E-state index contributed by atoms with van der Waals surface area (Å²) in [6.07, 6.45) is 4.09. The molecule has 23 heavy (non-hydrogen) atoms. The molecule has 4 nitrogen and oxygen atoms in total. The number of allylic oxidation sites excluding steroid dienone is 1. The average molecular weight is 430 g/mol. The lowest BCUT2D eigenvalue weighted by Gasteiger charge is -2.22. The molecule has 1 aromatic carbocycles. The highest BCUT2D eigenvalue weighted by Gasteiger charge is 2.05. The molecule has 130 valence electrons. The van der Waals surface area contributed by atoms with Gasteiger partial charge in [0.05, 0.1) is 0 Å². The van der Waals surface area contributed by atoms with Gasteiger partial charge in [0.25, 0.3) is 0 Å². The Morgan fingerprint density at radius 2 is 1.96 bits per heavy atom. The van der Waals surface area contributed by atoms with E-state index in [0.29, 0.717) is 0 Å². The van der Waals surface area contributed by atoms with Crippen LogP contribution in [0.1, 0.15) is 24.0 Å². The van der Waals surface area contributed by atoms with E-state index in [9.17, 15) is 0 Å². The van der Waals surface area contributed by atoms with Gasteiger partial charge in [0, 0.05) is 33.7 Å². The van der Waals surface area contributed by atoms with Gasteiger partial charge in [-0.05, 0) is 38.1 Å². The largest absolute Gasteiger partial charge is 0.352 e. The fraction of sp³-hybridized carbons (Fsp3) is 0.500. The van der Waals surface area contributed by atoms with Gasteiger partial charge in [-0.1, -0.05) is 30.3 Å². The first kappa shape index (κ1) is 21.9. The molecule has 0 saturated carbocycles. The molecule has 0 aliphatic carbocycles. The number of nitrogens with zero attached hydrogens (tertiary/aromatic N) is 3. The van der Waals surface area contributed by atoms with Crippen molar-refractivity contribution in [2.45, 2.75) is 25.9 Å². The van der Waals surface area contributed by atoms with Gasteiger partial charge >= 0.3 is 0 Å². The molecule has 0 fully saturated rings. The van der Waals surface area contributed by atoms with Crippen LogP contribution in [-0.2, 0) is 13.1 Å². The highest BCUT2D eigenvalue weighted by molar-refractivity contribution is 14.0. The van der Waals surface area contributed by atoms with Crippen LogP contribution in [0, 0.1) is 0 Å². The van der Waals surface area contributed by atoms with Crippen LogP contribution >= 0.6 is 24.0 Å². The van der Waals surface area contributed by atoms with Gasteiger partial charge in [-0.3, -0.25) is 4.99 Å². The molecule has 5 heteroatoms. The first-order valence-corrected chi connectivity index (χ1v) is 7.82. The standard InChI is InChI=1S/C18H30N4.HI/c1-6-7-8-12-22(5)18(19-2)20-14-16-10-9-11-17(13-16)15-21(3)4;/h6,9-11,13H,1,7-8,12,14-15H2,2-5H3,(H,19,20);1H. The summed E-state index contributed by atoms with van der Waals surface area (Å²) in [5.41, 5.74) is 2.61. The van der Waals surface area contributed by atoms with Crippen LogP contribution < -0.4 is 5.32 Å². The number of nitrogens with one attached hydrogen (secondary N) is 1. The zero-order valence-electron chi connectivity index (χ0n) is 14.9. The Bertz CT molecular complexity index is 486. The van der Waals surface area contributed by atoms with Crippen LogP contribution in [0.4, 0.5) is 0 Å². The van der Waals surface area contributed by atoms with E-state index < -0.39 is 0 Å². The van der Waals surface area contributed by atoms with Crippen molar-refractivity contribution in [3.8, 4) is 0 Å². The summed E-state index contributed by atoms with van der Waals surface area (Å²) in [7, 11) is 8.08. The van der Waals surface area contributed by atoms with Gasteiger partial charge in [-0.25, -0.2) is 0 Å². The van der Waals surface area contributed by atoms with Gasteiger partial charge in [0.1, 0.15) is 0 Å². The summed E-state index contributed by atoms with van der Waals surface area (Å²) in [5, 5.41) is 3.43. The highest BCUT2D eigenvalue weighted by Crippen LogP contribution is 2.07. The third-order valence-electron chi connectivity index (χ3n) is 3.42. The average Bonchev–Trinajstić information content (AvgIpc) is 2.48. The second-order valence-corrected chi connectivity index (χ2v) is 5.81. The Kier molecular flexibility index (Phi) is 11.8. The van der Waals surface area contributed by atoms with Crippen molar-refractivity contribution < 1.29 is 0 Å². The summed E-state index contributed by atoms with van der Waals surface area (Å²) in [5.74, 6) is 0.932. The topological polar surface area (TPSA) is 30.9 Å². The molecule has 0 amide bonds. The number of halogens is 1. The Hall–Kier alpha value is -1.08. The smallest absolute Gasteiger partial charge is 0.193 e. The van der Waals surface area contributed by atoms with Gasteiger partial charge in [-0.2, -0.15) is 0 Å². The number of unbranched alkanes of at least 4 members (excludes halogenated alkanes) is 1. The minimum absolute atomic E-state index is 0. The molecule has 0 aliphatic heterocycles. The Morgan fingerprint density at radius 3 is 2.57 bits per heavy atom. The molecule has 0 radical (unpaired) electrons. The molecule has 1 aromatic rings. The van der Waals surface area contributed by atoms with E-state index in [-0.39, 0.29) is 24.0 Å². The number of hydrogen-bond acceptors (Lipinski definition) is 2. The maximum atomic E-state index is 4.35. The third-order valence-corrected chi connectivity index (χ3v) is 3.42. The molecule has 0 bridgehead atoms. The lowest BCUT2D eigenvalue weighted by atomic mass is 10.1. The summed E-state index contributed by atoms with van der Waals surface area (Å²) in [6, 6.07) is 8.68. The van der Waals surface area contributed by atoms with Crippen molar-refractivity contribution in [2.75, 3.05) is 34.7 Å². The normalized spacial score (nSPS) is 11.1. The summed E-state index contributed by atoms with van der Waals surface area (Å²) in [6.45, 7) is 6.49. The van der Waals surface area contributed by atoms with Crippen molar-refractivity contribution in [3.63, 3.8) is 0 Å². The van der Waals surface area contributed by atoms with E-state index in [4.69, 9.17) is 0 Å². The Balaban J connectivity index is 0.00000484. The minimum Gasteiger partial charge on any atom is -0.352 e. The lowest BCUT2D eigenvalue weighted by Crippen LogP contribution is -2.39. The molecule has 0 aliphatic rings. The summed E-state index contributed by atoms with van der Waals surface area (Å²) < 4.78 is 0. The van der Waals surface area contributed by atoms with Gasteiger partial charge in [-0.15, -0.1) is 30.6 Å². The monoisotopic (exact) mass is 430 g/mol. The zero-order chi connectivity index (χ0) is 16.4. The maximum Gasteiger partial charge on any atom is 0.193 e. The second kappa shape index (κ2) is 12.4. The van der Waals surface area contributed by atoms with Crippen molar-refractivity contribution in [1.82, 2.24) is 15.1 Å². The van der Waals surface area contributed by atoms with Crippen LogP contribution in [0.3, 0.4) is 0 Å². The predicted molar refractivity (Wildman–Crippen MR) is 112 cm³/mol. The third kappa shape index (κ3) is 8.95. The molecular formula is C18H31IN4. The minimum atomic E-state index is 0. The van der Waals surface area contributed by atoms with Crippen molar-refractivity contribution in [2.24, 2.45) is 4.99 Å². The van der Waals surface area contributed by atoms with E-state index >= 15 is 0 Å². The first-order valence-electron chi connectivity index (χ1n) is 7.82. The number of rotatable bonds is 8.